The highest BCUT2D eigenvalue weighted by Gasteiger charge is 2.30. The Hall–Kier alpha value is -1.83. The van der Waals surface area contributed by atoms with Crippen molar-refractivity contribution < 1.29 is 13.2 Å². The lowest BCUT2D eigenvalue weighted by Crippen LogP contribution is -2.07. The summed E-state index contributed by atoms with van der Waals surface area (Å²) in [4.78, 5) is 7.70. The van der Waals surface area contributed by atoms with Crippen LogP contribution in [0.25, 0.3) is 0 Å². The van der Waals surface area contributed by atoms with E-state index in [9.17, 15) is 13.2 Å². The zero-order chi connectivity index (χ0) is 14.9. The molecule has 8 heteroatoms. The summed E-state index contributed by atoms with van der Waals surface area (Å²) in [6.07, 6.45) is -3.17. The molecule has 106 valence electrons. The summed E-state index contributed by atoms with van der Waals surface area (Å²) in [6, 6.07) is 3.45. The molecule has 0 radical (unpaired) electrons. The van der Waals surface area contributed by atoms with E-state index in [0.29, 0.717) is 21.5 Å². The van der Waals surface area contributed by atoms with Gasteiger partial charge in [0.25, 0.3) is 0 Å². The number of halogens is 4. The van der Waals surface area contributed by atoms with Crippen LogP contribution in [0.2, 0.25) is 0 Å². The molecule has 0 fully saturated rings. The van der Waals surface area contributed by atoms with Gasteiger partial charge in [-0.05, 0) is 40.5 Å². The average molecular weight is 347 g/mol. The Morgan fingerprint density at radius 1 is 1.25 bits per heavy atom. The first-order chi connectivity index (χ1) is 9.29. The monoisotopic (exact) mass is 346 g/mol. The van der Waals surface area contributed by atoms with Crippen LogP contribution in [0, 0.1) is 6.92 Å². The number of aromatic nitrogens is 2. The summed E-state index contributed by atoms with van der Waals surface area (Å²) in [5.74, 6) is 0.507. The minimum absolute atomic E-state index is 0.201. The van der Waals surface area contributed by atoms with Crippen molar-refractivity contribution in [3.8, 4) is 0 Å². The number of aryl methyl sites for hydroxylation is 1. The second-order valence-corrected chi connectivity index (χ2v) is 4.87. The Balaban J connectivity index is 2.41. The highest BCUT2D eigenvalue weighted by Crippen LogP contribution is 2.34. The number of nitrogens with zero attached hydrogens (tertiary/aromatic N) is 2. The zero-order valence-electron chi connectivity index (χ0n) is 10.3. The fraction of sp³-hybridized carbons (Fsp3) is 0.167. The van der Waals surface area contributed by atoms with Gasteiger partial charge in [-0.3, -0.25) is 0 Å². The molecular formula is C12H10BrF3N4. The van der Waals surface area contributed by atoms with Crippen LogP contribution in [0.4, 0.5) is 30.5 Å². The van der Waals surface area contributed by atoms with Gasteiger partial charge in [0.05, 0.1) is 5.56 Å². The molecule has 0 amide bonds. The van der Waals surface area contributed by atoms with Crippen molar-refractivity contribution >= 4 is 33.3 Å². The predicted octanol–water partition coefficient (Wildman–Crippen LogP) is 3.89. The molecule has 0 spiro atoms. The van der Waals surface area contributed by atoms with E-state index in [4.69, 9.17) is 5.73 Å². The van der Waals surface area contributed by atoms with Crippen molar-refractivity contribution in [3.05, 3.63) is 40.1 Å². The normalized spacial score (nSPS) is 11.4. The molecular weight excluding hydrogens is 337 g/mol. The van der Waals surface area contributed by atoms with Gasteiger partial charge in [-0.25, -0.2) is 9.97 Å². The fourth-order valence-corrected chi connectivity index (χ4v) is 1.84. The van der Waals surface area contributed by atoms with E-state index in [1.807, 2.05) is 0 Å². The summed E-state index contributed by atoms with van der Waals surface area (Å²) in [7, 11) is 0. The Labute approximate surface area is 121 Å². The van der Waals surface area contributed by atoms with Gasteiger partial charge < -0.3 is 11.1 Å². The SMILES string of the molecule is Cc1ccc(C(F)(F)F)cc1Nc1ncnc(N)c1Br. The first-order valence-corrected chi connectivity index (χ1v) is 6.29. The Kier molecular flexibility index (Phi) is 3.85. The molecule has 2 rings (SSSR count). The summed E-state index contributed by atoms with van der Waals surface area (Å²) < 4.78 is 38.5. The second-order valence-electron chi connectivity index (χ2n) is 4.07. The number of benzene rings is 1. The lowest BCUT2D eigenvalue weighted by atomic mass is 10.1. The zero-order valence-corrected chi connectivity index (χ0v) is 11.9. The maximum atomic E-state index is 12.7. The van der Waals surface area contributed by atoms with Gasteiger partial charge >= 0.3 is 6.18 Å². The minimum Gasteiger partial charge on any atom is -0.383 e. The van der Waals surface area contributed by atoms with Crippen molar-refractivity contribution in [2.75, 3.05) is 11.1 Å². The number of anilines is 3. The highest BCUT2D eigenvalue weighted by molar-refractivity contribution is 9.10. The number of rotatable bonds is 2. The Morgan fingerprint density at radius 3 is 2.60 bits per heavy atom. The van der Waals surface area contributed by atoms with Gasteiger partial charge in [0.15, 0.2) is 0 Å². The van der Waals surface area contributed by atoms with Crippen LogP contribution in [0.5, 0.6) is 0 Å². The summed E-state index contributed by atoms with van der Waals surface area (Å²) in [5.41, 5.74) is 5.82. The van der Waals surface area contributed by atoms with Crippen LogP contribution in [0.3, 0.4) is 0 Å². The largest absolute Gasteiger partial charge is 0.416 e. The third-order valence-electron chi connectivity index (χ3n) is 2.63. The number of hydrogen-bond donors (Lipinski definition) is 2. The van der Waals surface area contributed by atoms with Crippen LogP contribution in [0.15, 0.2) is 29.0 Å². The maximum absolute atomic E-state index is 12.7. The highest BCUT2D eigenvalue weighted by atomic mass is 79.9. The number of nitrogens with one attached hydrogen (secondary N) is 1. The predicted molar refractivity (Wildman–Crippen MR) is 73.6 cm³/mol. The number of alkyl halides is 3. The molecule has 0 aliphatic heterocycles. The van der Waals surface area contributed by atoms with Gasteiger partial charge in [0, 0.05) is 5.69 Å². The smallest absolute Gasteiger partial charge is 0.383 e. The lowest BCUT2D eigenvalue weighted by Gasteiger charge is -2.14. The molecule has 4 nitrogen and oxygen atoms in total. The summed E-state index contributed by atoms with van der Waals surface area (Å²) in [6.45, 7) is 1.70. The van der Waals surface area contributed by atoms with E-state index < -0.39 is 11.7 Å². The Morgan fingerprint density at radius 2 is 1.95 bits per heavy atom. The summed E-state index contributed by atoms with van der Waals surface area (Å²) >= 11 is 3.19. The van der Waals surface area contributed by atoms with Gasteiger partial charge in [0.1, 0.15) is 22.4 Å². The van der Waals surface area contributed by atoms with Crippen LogP contribution in [-0.4, -0.2) is 9.97 Å². The molecule has 0 atom stereocenters. The van der Waals surface area contributed by atoms with Gasteiger partial charge in [-0.1, -0.05) is 6.07 Å². The molecule has 20 heavy (non-hydrogen) atoms. The second kappa shape index (κ2) is 5.28. The quantitative estimate of drug-likeness (QED) is 0.865. The molecule has 0 aliphatic rings. The first kappa shape index (κ1) is 14.6. The van der Waals surface area contributed by atoms with Crippen LogP contribution >= 0.6 is 15.9 Å². The topological polar surface area (TPSA) is 63.8 Å². The molecule has 0 aliphatic carbocycles. The van der Waals surface area contributed by atoms with E-state index >= 15 is 0 Å². The van der Waals surface area contributed by atoms with E-state index in [2.05, 4.69) is 31.2 Å². The lowest BCUT2D eigenvalue weighted by molar-refractivity contribution is -0.137. The Bertz CT molecular complexity index is 643. The van der Waals surface area contributed by atoms with Crippen molar-refractivity contribution in [1.82, 2.24) is 9.97 Å². The number of nitrogens with two attached hydrogens (primary N) is 1. The molecule has 0 saturated carbocycles. The molecule has 1 heterocycles. The van der Waals surface area contributed by atoms with E-state index in [0.717, 1.165) is 12.1 Å². The maximum Gasteiger partial charge on any atom is 0.416 e. The molecule has 1 aromatic heterocycles. The van der Waals surface area contributed by atoms with E-state index in [1.165, 1.54) is 12.4 Å². The van der Waals surface area contributed by atoms with Crippen LogP contribution < -0.4 is 11.1 Å². The third-order valence-corrected chi connectivity index (χ3v) is 3.42. The van der Waals surface area contributed by atoms with E-state index in [-0.39, 0.29) is 5.82 Å². The molecule has 0 bridgehead atoms. The molecule has 1 aromatic carbocycles. The van der Waals surface area contributed by atoms with Crippen LogP contribution in [0.1, 0.15) is 11.1 Å². The first-order valence-electron chi connectivity index (χ1n) is 5.50. The fourth-order valence-electron chi connectivity index (χ4n) is 1.53. The van der Waals surface area contributed by atoms with Crippen molar-refractivity contribution in [2.45, 2.75) is 13.1 Å². The van der Waals surface area contributed by atoms with Crippen LogP contribution in [-0.2, 0) is 6.18 Å². The van der Waals surface area contributed by atoms with Gasteiger partial charge in [0.2, 0.25) is 0 Å². The van der Waals surface area contributed by atoms with Crippen molar-refractivity contribution in [2.24, 2.45) is 0 Å². The molecule has 0 saturated heterocycles. The standard InChI is InChI=1S/C12H10BrF3N4/c1-6-2-3-7(12(14,15)16)4-8(6)20-11-9(13)10(17)18-5-19-11/h2-5H,1H3,(H3,17,18,19,20). The third kappa shape index (κ3) is 3.01. The molecule has 3 N–H and O–H groups in total. The minimum atomic E-state index is -4.40. The van der Waals surface area contributed by atoms with Crippen molar-refractivity contribution in [1.29, 1.82) is 0 Å². The van der Waals surface area contributed by atoms with Gasteiger partial charge in [-0.2, -0.15) is 13.2 Å². The molecule has 2 aromatic rings. The average Bonchev–Trinajstić information content (AvgIpc) is 2.36. The van der Waals surface area contributed by atoms with Crippen molar-refractivity contribution in [3.63, 3.8) is 0 Å². The van der Waals surface area contributed by atoms with E-state index in [1.54, 1.807) is 6.92 Å². The molecule has 0 unspecified atom stereocenters. The summed E-state index contributed by atoms with van der Waals surface area (Å²) in [5, 5.41) is 2.82. The number of hydrogen-bond acceptors (Lipinski definition) is 4. The van der Waals surface area contributed by atoms with Gasteiger partial charge in [-0.15, -0.1) is 0 Å². The number of nitrogen functional groups attached to an aromatic ring is 1.